The molecule has 6 heteroatoms. The molecule has 1 aliphatic heterocycles. The van der Waals surface area contributed by atoms with Crippen LogP contribution < -0.4 is 4.74 Å². The molecule has 1 aromatic heterocycles. The molecule has 2 heterocycles. The SMILES string of the molecule is O=C(O)c1cc(OC2CCOCC2)cc(-c2ncc(C3CCC3)s2)c1. The molecular formula is C19H21NO4S. The van der Waals surface area contributed by atoms with E-state index in [0.717, 1.165) is 23.4 Å². The largest absolute Gasteiger partial charge is 0.490 e. The number of nitrogens with zero attached hydrogens (tertiary/aromatic N) is 1. The van der Waals surface area contributed by atoms with E-state index in [-0.39, 0.29) is 11.7 Å². The van der Waals surface area contributed by atoms with Gasteiger partial charge in [-0.15, -0.1) is 11.3 Å². The monoisotopic (exact) mass is 359 g/mol. The summed E-state index contributed by atoms with van der Waals surface area (Å²) in [6, 6.07) is 5.19. The Kier molecular flexibility index (Phi) is 4.72. The van der Waals surface area contributed by atoms with Crippen molar-refractivity contribution in [1.82, 2.24) is 4.98 Å². The Morgan fingerprint density at radius 3 is 2.68 bits per heavy atom. The molecule has 1 aromatic carbocycles. The van der Waals surface area contributed by atoms with Crippen molar-refractivity contribution in [2.24, 2.45) is 0 Å². The molecule has 25 heavy (non-hydrogen) atoms. The summed E-state index contributed by atoms with van der Waals surface area (Å²) < 4.78 is 11.4. The fourth-order valence-electron chi connectivity index (χ4n) is 3.20. The first kappa shape index (κ1) is 16.5. The summed E-state index contributed by atoms with van der Waals surface area (Å²) in [4.78, 5) is 17.3. The van der Waals surface area contributed by atoms with Gasteiger partial charge in [-0.3, -0.25) is 0 Å². The third kappa shape index (κ3) is 3.70. The molecule has 0 amide bonds. The average Bonchev–Trinajstić information content (AvgIpc) is 3.03. The van der Waals surface area contributed by atoms with E-state index in [1.807, 2.05) is 12.3 Å². The number of hydrogen-bond acceptors (Lipinski definition) is 5. The number of thiazole rings is 1. The molecule has 0 atom stereocenters. The van der Waals surface area contributed by atoms with Gasteiger partial charge in [0, 0.05) is 29.5 Å². The van der Waals surface area contributed by atoms with E-state index in [4.69, 9.17) is 9.47 Å². The quantitative estimate of drug-likeness (QED) is 0.860. The second-order valence-corrected chi connectivity index (χ2v) is 7.74. The highest BCUT2D eigenvalue weighted by Crippen LogP contribution is 2.41. The predicted molar refractivity (Wildman–Crippen MR) is 95.6 cm³/mol. The number of hydrogen-bond donors (Lipinski definition) is 1. The zero-order valence-corrected chi connectivity index (χ0v) is 14.8. The number of rotatable bonds is 5. The van der Waals surface area contributed by atoms with Gasteiger partial charge in [-0.2, -0.15) is 0 Å². The molecule has 4 rings (SSSR count). The summed E-state index contributed by atoms with van der Waals surface area (Å²) >= 11 is 1.67. The van der Waals surface area contributed by atoms with Gasteiger partial charge in [0.05, 0.1) is 18.8 Å². The van der Waals surface area contributed by atoms with Gasteiger partial charge in [-0.05, 0) is 37.0 Å². The van der Waals surface area contributed by atoms with Crippen LogP contribution in [0, 0.1) is 0 Å². The molecule has 1 saturated carbocycles. The van der Waals surface area contributed by atoms with Crippen molar-refractivity contribution in [3.05, 3.63) is 34.8 Å². The fraction of sp³-hybridized carbons (Fsp3) is 0.474. The molecule has 1 saturated heterocycles. The third-order valence-electron chi connectivity index (χ3n) is 4.90. The smallest absolute Gasteiger partial charge is 0.335 e. The van der Waals surface area contributed by atoms with Crippen LogP contribution in [0.25, 0.3) is 10.6 Å². The van der Waals surface area contributed by atoms with Crippen molar-refractivity contribution < 1.29 is 19.4 Å². The number of carbonyl (C=O) groups is 1. The van der Waals surface area contributed by atoms with E-state index in [9.17, 15) is 9.90 Å². The Labute approximate surface area is 150 Å². The molecule has 132 valence electrons. The van der Waals surface area contributed by atoms with E-state index in [1.54, 1.807) is 23.5 Å². The van der Waals surface area contributed by atoms with E-state index in [2.05, 4.69) is 4.98 Å². The lowest BCUT2D eigenvalue weighted by Gasteiger charge is -2.23. The van der Waals surface area contributed by atoms with Gasteiger partial charge in [0.15, 0.2) is 0 Å². The van der Waals surface area contributed by atoms with Crippen molar-refractivity contribution in [3.8, 4) is 16.3 Å². The first-order valence-corrected chi connectivity index (χ1v) is 9.59. The van der Waals surface area contributed by atoms with Gasteiger partial charge in [0.1, 0.15) is 16.9 Å². The molecule has 2 fully saturated rings. The number of aromatic nitrogens is 1. The Balaban J connectivity index is 1.61. The first-order chi connectivity index (χ1) is 12.2. The van der Waals surface area contributed by atoms with Crippen LogP contribution in [0.3, 0.4) is 0 Å². The maximum Gasteiger partial charge on any atom is 0.335 e. The standard InChI is InChI=1S/C19H21NO4S/c21-19(22)14-8-13(18-20-11-17(25-18)12-2-1-3-12)9-16(10-14)24-15-4-6-23-7-5-15/h8-12,15H,1-7H2,(H,21,22). The number of carboxylic acid groups (broad SMARTS) is 1. The minimum Gasteiger partial charge on any atom is -0.490 e. The molecular weight excluding hydrogens is 338 g/mol. The van der Waals surface area contributed by atoms with Crippen molar-refractivity contribution >= 4 is 17.3 Å². The summed E-state index contributed by atoms with van der Waals surface area (Å²) in [6.45, 7) is 1.38. The van der Waals surface area contributed by atoms with E-state index in [0.29, 0.717) is 24.9 Å². The van der Waals surface area contributed by atoms with Gasteiger partial charge in [0.25, 0.3) is 0 Å². The second-order valence-electron chi connectivity index (χ2n) is 6.68. The third-order valence-corrected chi connectivity index (χ3v) is 6.11. The zero-order valence-electron chi connectivity index (χ0n) is 13.9. The number of carboxylic acids is 1. The van der Waals surface area contributed by atoms with Crippen LogP contribution in [0.15, 0.2) is 24.4 Å². The number of aromatic carboxylic acids is 1. The van der Waals surface area contributed by atoms with Crippen molar-refractivity contribution in [2.45, 2.75) is 44.1 Å². The molecule has 2 aliphatic rings. The van der Waals surface area contributed by atoms with Gasteiger partial charge in [-0.1, -0.05) is 6.42 Å². The Morgan fingerprint density at radius 1 is 1.20 bits per heavy atom. The summed E-state index contributed by atoms with van der Waals surface area (Å²) in [5.74, 6) is 0.281. The van der Waals surface area contributed by atoms with Crippen LogP contribution >= 0.6 is 11.3 Å². The highest BCUT2D eigenvalue weighted by atomic mass is 32.1. The van der Waals surface area contributed by atoms with Crippen LogP contribution in [0.4, 0.5) is 0 Å². The van der Waals surface area contributed by atoms with E-state index >= 15 is 0 Å². The fourth-order valence-corrected chi connectivity index (χ4v) is 4.27. The van der Waals surface area contributed by atoms with Crippen LogP contribution in [-0.4, -0.2) is 35.4 Å². The van der Waals surface area contributed by atoms with Crippen molar-refractivity contribution in [3.63, 3.8) is 0 Å². The van der Waals surface area contributed by atoms with Crippen LogP contribution in [-0.2, 0) is 4.74 Å². The zero-order chi connectivity index (χ0) is 17.2. The highest BCUT2D eigenvalue weighted by molar-refractivity contribution is 7.15. The molecule has 0 radical (unpaired) electrons. The van der Waals surface area contributed by atoms with Gasteiger partial charge in [0.2, 0.25) is 0 Å². The first-order valence-electron chi connectivity index (χ1n) is 8.78. The minimum absolute atomic E-state index is 0.0764. The van der Waals surface area contributed by atoms with Gasteiger partial charge >= 0.3 is 5.97 Å². The lowest BCUT2D eigenvalue weighted by molar-refractivity contribution is 0.0255. The number of ether oxygens (including phenoxy) is 2. The molecule has 0 bridgehead atoms. The lowest BCUT2D eigenvalue weighted by Crippen LogP contribution is -2.25. The molecule has 2 aromatic rings. The van der Waals surface area contributed by atoms with Gasteiger partial charge < -0.3 is 14.6 Å². The molecule has 0 spiro atoms. The second kappa shape index (κ2) is 7.14. The Bertz CT molecular complexity index is 763. The summed E-state index contributed by atoms with van der Waals surface area (Å²) in [5.41, 5.74) is 1.05. The maximum atomic E-state index is 11.5. The predicted octanol–water partition coefficient (Wildman–Crippen LogP) is 4.33. The molecule has 1 aliphatic carbocycles. The number of benzene rings is 1. The van der Waals surface area contributed by atoms with Crippen LogP contribution in [0.1, 0.15) is 53.3 Å². The molecule has 0 unspecified atom stereocenters. The topological polar surface area (TPSA) is 68.7 Å². The van der Waals surface area contributed by atoms with Crippen LogP contribution in [0.2, 0.25) is 0 Å². The lowest BCUT2D eigenvalue weighted by atomic mass is 9.85. The van der Waals surface area contributed by atoms with Crippen molar-refractivity contribution in [2.75, 3.05) is 13.2 Å². The van der Waals surface area contributed by atoms with Crippen LogP contribution in [0.5, 0.6) is 5.75 Å². The Hall–Kier alpha value is -1.92. The summed E-state index contributed by atoms with van der Waals surface area (Å²) in [5, 5.41) is 10.3. The summed E-state index contributed by atoms with van der Waals surface area (Å²) in [6.07, 6.45) is 7.42. The minimum atomic E-state index is -0.950. The summed E-state index contributed by atoms with van der Waals surface area (Å²) in [7, 11) is 0. The Morgan fingerprint density at radius 2 is 2.00 bits per heavy atom. The normalized spacial score (nSPS) is 18.7. The average molecular weight is 359 g/mol. The molecule has 1 N–H and O–H groups in total. The highest BCUT2D eigenvalue weighted by Gasteiger charge is 2.23. The maximum absolute atomic E-state index is 11.5. The van der Waals surface area contributed by atoms with Gasteiger partial charge in [-0.25, -0.2) is 9.78 Å². The van der Waals surface area contributed by atoms with Crippen molar-refractivity contribution in [1.29, 1.82) is 0 Å². The van der Waals surface area contributed by atoms with E-state index in [1.165, 1.54) is 24.1 Å². The van der Waals surface area contributed by atoms with E-state index < -0.39 is 5.97 Å². The molecule has 5 nitrogen and oxygen atoms in total.